The summed E-state index contributed by atoms with van der Waals surface area (Å²) in [6.07, 6.45) is 1.56. The van der Waals surface area contributed by atoms with Gasteiger partial charge in [0.15, 0.2) is 0 Å². The fourth-order valence-corrected chi connectivity index (χ4v) is 3.95. The summed E-state index contributed by atoms with van der Waals surface area (Å²) in [5.74, 6) is 0.225. The summed E-state index contributed by atoms with van der Waals surface area (Å²) in [5.41, 5.74) is 2.36. The van der Waals surface area contributed by atoms with Gasteiger partial charge in [0.05, 0.1) is 13.7 Å². The van der Waals surface area contributed by atoms with Crippen molar-refractivity contribution in [3.05, 3.63) is 64.2 Å². The van der Waals surface area contributed by atoms with Crippen molar-refractivity contribution in [1.82, 2.24) is 10.6 Å². The molecular formula is C23H27ClN2O4. The summed E-state index contributed by atoms with van der Waals surface area (Å²) in [6, 6.07) is 12.7. The number of aryl methyl sites for hydroxylation is 1. The van der Waals surface area contributed by atoms with Crippen molar-refractivity contribution in [3.8, 4) is 5.75 Å². The van der Waals surface area contributed by atoms with Gasteiger partial charge in [-0.15, -0.1) is 0 Å². The van der Waals surface area contributed by atoms with E-state index in [4.69, 9.17) is 21.1 Å². The van der Waals surface area contributed by atoms with E-state index in [1.54, 1.807) is 31.4 Å². The van der Waals surface area contributed by atoms with Crippen molar-refractivity contribution in [3.63, 3.8) is 0 Å². The monoisotopic (exact) mass is 430 g/mol. The maximum Gasteiger partial charge on any atom is 0.251 e. The second-order valence-electron chi connectivity index (χ2n) is 7.57. The predicted octanol–water partition coefficient (Wildman–Crippen LogP) is 3.25. The number of ether oxygens (including phenoxy) is 2. The Labute approximate surface area is 181 Å². The first-order valence-electron chi connectivity index (χ1n) is 9.97. The Morgan fingerprint density at radius 2 is 1.90 bits per heavy atom. The number of hydrogen-bond donors (Lipinski definition) is 2. The zero-order valence-corrected chi connectivity index (χ0v) is 18.1. The van der Waals surface area contributed by atoms with Gasteiger partial charge in [0.1, 0.15) is 5.75 Å². The maximum atomic E-state index is 12.5. The Balaban J connectivity index is 1.66. The molecule has 1 fully saturated rings. The number of hydrogen-bond acceptors (Lipinski definition) is 4. The Hall–Kier alpha value is -2.57. The quantitative estimate of drug-likeness (QED) is 0.707. The number of carbonyl (C=O) groups is 2. The van der Waals surface area contributed by atoms with E-state index in [2.05, 4.69) is 16.7 Å². The highest BCUT2D eigenvalue weighted by Gasteiger charge is 2.37. The minimum atomic E-state index is -0.339. The largest absolute Gasteiger partial charge is 0.496 e. The lowest BCUT2D eigenvalue weighted by atomic mass is 9.73. The highest BCUT2D eigenvalue weighted by atomic mass is 35.5. The molecule has 0 aliphatic carbocycles. The predicted molar refractivity (Wildman–Crippen MR) is 116 cm³/mol. The molecule has 160 valence electrons. The van der Waals surface area contributed by atoms with Crippen LogP contribution in [0.25, 0.3) is 0 Å². The number of carbonyl (C=O) groups excluding carboxylic acids is 2. The lowest BCUT2D eigenvalue weighted by Gasteiger charge is -2.38. The Morgan fingerprint density at radius 1 is 1.13 bits per heavy atom. The van der Waals surface area contributed by atoms with Crippen LogP contribution in [0.2, 0.25) is 5.02 Å². The first-order valence-corrected chi connectivity index (χ1v) is 10.3. The van der Waals surface area contributed by atoms with E-state index in [9.17, 15) is 9.59 Å². The molecule has 0 spiro atoms. The Morgan fingerprint density at radius 3 is 2.60 bits per heavy atom. The van der Waals surface area contributed by atoms with E-state index < -0.39 is 0 Å². The standard InChI is InChI=1S/C23H27ClN2O4/c1-16-6-7-20(29-2)19(12-16)23(8-10-30-11-9-23)15-26-21(27)14-25-22(28)17-4-3-5-18(24)13-17/h3-7,12-13H,8-11,14-15H2,1-2H3,(H,25,28)(H,26,27). The van der Waals surface area contributed by atoms with Gasteiger partial charge in [-0.1, -0.05) is 35.4 Å². The van der Waals surface area contributed by atoms with Crippen molar-refractivity contribution in [1.29, 1.82) is 0 Å². The minimum Gasteiger partial charge on any atom is -0.496 e. The van der Waals surface area contributed by atoms with Gasteiger partial charge in [0.2, 0.25) is 5.91 Å². The molecular weight excluding hydrogens is 404 g/mol. The third-order valence-electron chi connectivity index (χ3n) is 5.50. The van der Waals surface area contributed by atoms with Crippen molar-refractivity contribution in [2.75, 3.05) is 33.4 Å². The molecule has 1 saturated heterocycles. The number of amides is 2. The van der Waals surface area contributed by atoms with E-state index >= 15 is 0 Å². The van der Waals surface area contributed by atoms with Crippen LogP contribution in [0.5, 0.6) is 5.75 Å². The molecule has 0 aromatic heterocycles. The average molecular weight is 431 g/mol. The van der Waals surface area contributed by atoms with E-state index in [1.165, 1.54) is 0 Å². The number of halogens is 1. The van der Waals surface area contributed by atoms with Crippen molar-refractivity contribution < 1.29 is 19.1 Å². The number of nitrogens with one attached hydrogen (secondary N) is 2. The highest BCUT2D eigenvalue weighted by molar-refractivity contribution is 6.30. The summed E-state index contributed by atoms with van der Waals surface area (Å²) >= 11 is 5.92. The maximum absolute atomic E-state index is 12.5. The van der Waals surface area contributed by atoms with Gasteiger partial charge in [-0.05, 0) is 44.0 Å². The normalized spacial score (nSPS) is 15.3. The smallest absolute Gasteiger partial charge is 0.251 e. The molecule has 7 heteroatoms. The third-order valence-corrected chi connectivity index (χ3v) is 5.73. The summed E-state index contributed by atoms with van der Waals surface area (Å²) in [7, 11) is 1.66. The molecule has 0 radical (unpaired) electrons. The van der Waals surface area contributed by atoms with Gasteiger partial charge in [-0.3, -0.25) is 9.59 Å². The second kappa shape index (κ2) is 9.96. The molecule has 2 aromatic carbocycles. The van der Waals surface area contributed by atoms with Gasteiger partial charge in [0.25, 0.3) is 5.91 Å². The van der Waals surface area contributed by atoms with Gasteiger partial charge < -0.3 is 20.1 Å². The molecule has 0 unspecified atom stereocenters. The van der Waals surface area contributed by atoms with Crippen LogP contribution in [0.1, 0.15) is 34.3 Å². The number of methoxy groups -OCH3 is 1. The van der Waals surface area contributed by atoms with Crippen LogP contribution in [0.4, 0.5) is 0 Å². The topological polar surface area (TPSA) is 76.7 Å². The summed E-state index contributed by atoms with van der Waals surface area (Å²) in [5, 5.41) is 6.10. The van der Waals surface area contributed by atoms with Crippen LogP contribution in [-0.4, -0.2) is 45.2 Å². The molecule has 30 heavy (non-hydrogen) atoms. The molecule has 1 heterocycles. The molecule has 2 N–H and O–H groups in total. The lowest BCUT2D eigenvalue weighted by molar-refractivity contribution is -0.120. The summed E-state index contributed by atoms with van der Waals surface area (Å²) < 4.78 is 11.2. The molecule has 2 amide bonds. The summed E-state index contributed by atoms with van der Waals surface area (Å²) in [6.45, 7) is 3.63. The van der Waals surface area contributed by atoms with Crippen molar-refractivity contribution in [2.45, 2.75) is 25.2 Å². The third kappa shape index (κ3) is 5.32. The van der Waals surface area contributed by atoms with E-state index in [-0.39, 0.29) is 23.8 Å². The van der Waals surface area contributed by atoms with Crippen LogP contribution in [-0.2, 0) is 14.9 Å². The van der Waals surface area contributed by atoms with E-state index in [1.807, 2.05) is 19.1 Å². The average Bonchev–Trinajstić information content (AvgIpc) is 2.76. The van der Waals surface area contributed by atoms with Gasteiger partial charge in [-0.25, -0.2) is 0 Å². The molecule has 2 aromatic rings. The number of rotatable bonds is 7. The van der Waals surface area contributed by atoms with Gasteiger partial charge in [-0.2, -0.15) is 0 Å². The zero-order valence-electron chi connectivity index (χ0n) is 17.3. The molecule has 6 nitrogen and oxygen atoms in total. The summed E-state index contributed by atoms with van der Waals surface area (Å²) in [4.78, 5) is 24.7. The minimum absolute atomic E-state index is 0.108. The molecule has 0 atom stereocenters. The fraction of sp³-hybridized carbons (Fsp3) is 0.391. The van der Waals surface area contributed by atoms with Crippen molar-refractivity contribution in [2.24, 2.45) is 0 Å². The van der Waals surface area contributed by atoms with E-state index in [0.29, 0.717) is 30.3 Å². The van der Waals surface area contributed by atoms with Gasteiger partial charge in [0, 0.05) is 41.3 Å². The number of benzene rings is 2. The molecule has 1 aliphatic rings. The molecule has 3 rings (SSSR count). The molecule has 0 bridgehead atoms. The van der Waals surface area contributed by atoms with Crippen LogP contribution >= 0.6 is 11.6 Å². The van der Waals surface area contributed by atoms with Crippen LogP contribution in [0, 0.1) is 6.92 Å². The van der Waals surface area contributed by atoms with E-state index in [0.717, 1.165) is 29.7 Å². The Kier molecular flexibility index (Phi) is 7.34. The van der Waals surface area contributed by atoms with Crippen LogP contribution in [0.3, 0.4) is 0 Å². The van der Waals surface area contributed by atoms with Gasteiger partial charge >= 0.3 is 0 Å². The first-order chi connectivity index (χ1) is 14.4. The highest BCUT2D eigenvalue weighted by Crippen LogP contribution is 2.40. The first kappa shape index (κ1) is 22.1. The Bertz CT molecular complexity index is 910. The molecule has 0 saturated carbocycles. The second-order valence-corrected chi connectivity index (χ2v) is 8.00. The van der Waals surface area contributed by atoms with Crippen molar-refractivity contribution >= 4 is 23.4 Å². The zero-order chi connectivity index (χ0) is 21.6. The SMILES string of the molecule is COc1ccc(C)cc1C1(CNC(=O)CNC(=O)c2cccc(Cl)c2)CCOCC1. The van der Waals surface area contributed by atoms with Crippen LogP contribution in [0.15, 0.2) is 42.5 Å². The fourth-order valence-electron chi connectivity index (χ4n) is 3.76. The van der Waals surface area contributed by atoms with Crippen LogP contribution < -0.4 is 15.4 Å². The lowest BCUT2D eigenvalue weighted by Crippen LogP contribution is -2.47. The molecule has 1 aliphatic heterocycles.